The third-order valence-corrected chi connectivity index (χ3v) is 6.14. The van der Waals surface area contributed by atoms with Gasteiger partial charge in [0.1, 0.15) is 35.3 Å². The number of carbonyl (C=O) groups is 2. The van der Waals surface area contributed by atoms with Gasteiger partial charge >= 0.3 is 5.97 Å². The molecule has 0 unspecified atom stereocenters. The lowest BCUT2D eigenvalue weighted by Gasteiger charge is -2.07. The first-order valence-electron chi connectivity index (χ1n) is 11.2. The third kappa shape index (κ3) is 6.40. The first-order valence-corrected chi connectivity index (χ1v) is 12.0. The van der Waals surface area contributed by atoms with Crippen molar-refractivity contribution in [2.75, 3.05) is 21.3 Å². The topological polar surface area (TPSA) is 134 Å². The fourth-order valence-corrected chi connectivity index (χ4v) is 3.99. The summed E-state index contributed by atoms with van der Waals surface area (Å²) in [6.45, 7) is 2.03. The molecule has 0 atom stereocenters. The SMILES string of the molecule is COC(=O)/C=C1/S/C(=N\N=Cc2ccc(OCc3nc(-c4cc(OC)ccc4OC)oc3C)cc2)NC1=O. The average molecular weight is 537 g/mol. The van der Waals surface area contributed by atoms with E-state index in [0.29, 0.717) is 40.2 Å². The van der Waals surface area contributed by atoms with Gasteiger partial charge in [-0.15, -0.1) is 5.10 Å². The normalized spacial score (nSPS) is 15.2. The molecule has 0 saturated carbocycles. The molecule has 0 radical (unpaired) electrons. The minimum atomic E-state index is -0.619. The van der Waals surface area contributed by atoms with Gasteiger partial charge in [-0.05, 0) is 66.7 Å². The molecule has 1 aromatic heterocycles. The number of aryl methyl sites for hydroxylation is 1. The molecule has 11 nitrogen and oxygen atoms in total. The van der Waals surface area contributed by atoms with Crippen molar-refractivity contribution >= 4 is 35.0 Å². The fourth-order valence-electron chi connectivity index (χ4n) is 3.25. The van der Waals surface area contributed by atoms with Crippen LogP contribution in [0.2, 0.25) is 0 Å². The van der Waals surface area contributed by atoms with E-state index in [1.165, 1.54) is 13.3 Å². The van der Waals surface area contributed by atoms with Gasteiger partial charge in [-0.1, -0.05) is 0 Å². The molecule has 1 fully saturated rings. The highest BCUT2D eigenvalue weighted by Gasteiger charge is 2.25. The number of nitrogens with one attached hydrogen (secondary N) is 1. The van der Waals surface area contributed by atoms with Gasteiger partial charge < -0.3 is 23.4 Å². The number of amidine groups is 1. The number of nitrogens with zero attached hydrogens (tertiary/aromatic N) is 3. The Kier molecular flexibility index (Phi) is 8.44. The zero-order valence-electron chi connectivity index (χ0n) is 21.0. The van der Waals surface area contributed by atoms with Gasteiger partial charge in [0.05, 0.1) is 38.0 Å². The number of rotatable bonds is 9. The maximum Gasteiger partial charge on any atom is 0.331 e. The van der Waals surface area contributed by atoms with Crippen molar-refractivity contribution in [1.29, 1.82) is 0 Å². The number of methoxy groups -OCH3 is 3. The maximum atomic E-state index is 11.8. The van der Waals surface area contributed by atoms with Crippen LogP contribution in [0.3, 0.4) is 0 Å². The number of ether oxygens (including phenoxy) is 4. The van der Waals surface area contributed by atoms with Gasteiger partial charge in [-0.25, -0.2) is 9.78 Å². The number of esters is 1. The Morgan fingerprint density at radius 1 is 1.11 bits per heavy atom. The molecule has 3 aromatic rings. The first-order chi connectivity index (χ1) is 18.4. The van der Waals surface area contributed by atoms with Crippen LogP contribution < -0.4 is 19.5 Å². The second-order valence-electron chi connectivity index (χ2n) is 7.68. The Bertz CT molecular complexity index is 1430. The van der Waals surface area contributed by atoms with E-state index >= 15 is 0 Å². The summed E-state index contributed by atoms with van der Waals surface area (Å²) in [5.74, 6) is 1.90. The van der Waals surface area contributed by atoms with E-state index in [0.717, 1.165) is 23.4 Å². The van der Waals surface area contributed by atoms with Crippen LogP contribution in [0.25, 0.3) is 11.5 Å². The summed E-state index contributed by atoms with van der Waals surface area (Å²) in [7, 11) is 4.41. The molecule has 0 aliphatic carbocycles. The number of hydrogen-bond donors (Lipinski definition) is 1. The van der Waals surface area contributed by atoms with E-state index in [1.54, 1.807) is 44.6 Å². The Morgan fingerprint density at radius 3 is 2.58 bits per heavy atom. The van der Waals surface area contributed by atoms with Crippen LogP contribution in [0.4, 0.5) is 0 Å². The number of benzene rings is 2. The average Bonchev–Trinajstić information content (AvgIpc) is 3.48. The predicted molar refractivity (Wildman–Crippen MR) is 141 cm³/mol. The van der Waals surface area contributed by atoms with Crippen LogP contribution in [0.1, 0.15) is 17.0 Å². The number of hydrogen-bond acceptors (Lipinski definition) is 11. The summed E-state index contributed by atoms with van der Waals surface area (Å²) in [6, 6.07) is 12.6. The molecule has 12 heteroatoms. The Labute approximate surface area is 222 Å². The van der Waals surface area contributed by atoms with Gasteiger partial charge in [0.15, 0.2) is 5.17 Å². The van der Waals surface area contributed by atoms with Crippen molar-refractivity contribution in [3.05, 3.63) is 70.5 Å². The van der Waals surface area contributed by atoms with E-state index in [9.17, 15) is 9.59 Å². The Morgan fingerprint density at radius 2 is 1.87 bits per heavy atom. The second kappa shape index (κ2) is 12.1. The Balaban J connectivity index is 1.36. The number of thioether (sulfide) groups is 1. The fraction of sp³-hybridized carbons (Fsp3) is 0.192. The van der Waals surface area contributed by atoms with E-state index in [4.69, 9.17) is 18.6 Å². The summed E-state index contributed by atoms with van der Waals surface area (Å²) < 4.78 is 27.0. The molecule has 1 amide bonds. The largest absolute Gasteiger partial charge is 0.497 e. The molecule has 2 heterocycles. The molecule has 0 bridgehead atoms. The zero-order chi connectivity index (χ0) is 27.1. The lowest BCUT2D eigenvalue weighted by molar-refractivity contribution is -0.135. The van der Waals surface area contributed by atoms with Crippen molar-refractivity contribution in [3.8, 4) is 28.7 Å². The summed E-state index contributed by atoms with van der Waals surface area (Å²) in [4.78, 5) is 27.9. The summed E-state index contributed by atoms with van der Waals surface area (Å²) in [6.07, 6.45) is 2.63. The minimum absolute atomic E-state index is 0.185. The summed E-state index contributed by atoms with van der Waals surface area (Å²) in [5.41, 5.74) is 2.11. The van der Waals surface area contributed by atoms with Crippen LogP contribution in [0.15, 0.2) is 68.1 Å². The van der Waals surface area contributed by atoms with Crippen molar-refractivity contribution < 1.29 is 33.0 Å². The maximum absolute atomic E-state index is 11.8. The number of amides is 1. The van der Waals surface area contributed by atoms with Crippen LogP contribution >= 0.6 is 11.8 Å². The van der Waals surface area contributed by atoms with Gasteiger partial charge in [0.25, 0.3) is 5.91 Å². The smallest absolute Gasteiger partial charge is 0.331 e. The lowest BCUT2D eigenvalue weighted by atomic mass is 10.2. The van der Waals surface area contributed by atoms with E-state index in [1.807, 2.05) is 19.1 Å². The molecule has 196 valence electrons. The number of oxazole rings is 1. The van der Waals surface area contributed by atoms with E-state index in [2.05, 4.69) is 25.2 Å². The number of aromatic nitrogens is 1. The molecule has 1 saturated heterocycles. The van der Waals surface area contributed by atoms with Crippen LogP contribution in [-0.2, 0) is 20.9 Å². The highest BCUT2D eigenvalue weighted by atomic mass is 32.2. The molecule has 1 aliphatic rings. The first kappa shape index (κ1) is 26.5. The highest BCUT2D eigenvalue weighted by Crippen LogP contribution is 2.34. The van der Waals surface area contributed by atoms with Crippen LogP contribution in [0.5, 0.6) is 17.2 Å². The second-order valence-corrected chi connectivity index (χ2v) is 8.71. The lowest BCUT2D eigenvalue weighted by Crippen LogP contribution is -2.19. The third-order valence-electron chi connectivity index (χ3n) is 5.24. The highest BCUT2D eigenvalue weighted by molar-refractivity contribution is 8.18. The summed E-state index contributed by atoms with van der Waals surface area (Å²) in [5, 5.41) is 10.7. The quantitative estimate of drug-likeness (QED) is 0.187. The van der Waals surface area contributed by atoms with E-state index < -0.39 is 11.9 Å². The molecule has 4 rings (SSSR count). The monoisotopic (exact) mass is 536 g/mol. The van der Waals surface area contributed by atoms with Gasteiger partial charge in [0.2, 0.25) is 5.89 Å². The van der Waals surface area contributed by atoms with Crippen molar-refractivity contribution in [3.63, 3.8) is 0 Å². The molecule has 0 spiro atoms. The zero-order valence-corrected chi connectivity index (χ0v) is 21.8. The molecule has 2 aromatic carbocycles. The van der Waals surface area contributed by atoms with Crippen LogP contribution in [-0.4, -0.2) is 49.6 Å². The minimum Gasteiger partial charge on any atom is -0.497 e. The Hall–Kier alpha value is -4.58. The molecule has 38 heavy (non-hydrogen) atoms. The molecular formula is C26H24N4O7S. The van der Waals surface area contributed by atoms with Crippen molar-refractivity contribution in [2.24, 2.45) is 10.2 Å². The molecule has 1 aliphatic heterocycles. The van der Waals surface area contributed by atoms with Gasteiger partial charge in [-0.3, -0.25) is 10.1 Å². The van der Waals surface area contributed by atoms with Crippen LogP contribution in [0, 0.1) is 6.92 Å². The van der Waals surface area contributed by atoms with Crippen molar-refractivity contribution in [2.45, 2.75) is 13.5 Å². The molecular weight excluding hydrogens is 512 g/mol. The van der Waals surface area contributed by atoms with Gasteiger partial charge in [-0.2, -0.15) is 5.10 Å². The standard InChI is InChI=1S/C26H24N4O7S/c1-15-20(28-25(37-15)19-11-18(33-2)9-10-21(19)34-3)14-36-17-7-5-16(6-8-17)13-27-30-26-29-24(32)22(38-26)12-23(31)35-4/h5-13H,14H2,1-4H3,(H,29,30,32)/b22-12+,27-13?. The predicted octanol–water partition coefficient (Wildman–Crippen LogP) is 3.86. The van der Waals surface area contributed by atoms with Crippen molar-refractivity contribution in [1.82, 2.24) is 10.3 Å². The molecule has 1 N–H and O–H groups in total. The number of carbonyl (C=O) groups excluding carboxylic acids is 2. The summed E-state index contributed by atoms with van der Waals surface area (Å²) >= 11 is 0.999. The van der Waals surface area contributed by atoms with E-state index in [-0.39, 0.29) is 16.7 Å². The van der Waals surface area contributed by atoms with Gasteiger partial charge in [0, 0.05) is 6.08 Å².